The number of amides is 1. The van der Waals surface area contributed by atoms with E-state index in [2.05, 4.69) is 15.5 Å². The van der Waals surface area contributed by atoms with Crippen molar-refractivity contribution < 1.29 is 14.5 Å². The molecular formula is C20H21N5O4S. The van der Waals surface area contributed by atoms with Gasteiger partial charge in [-0.1, -0.05) is 30.0 Å². The monoisotopic (exact) mass is 427 g/mol. The molecular weight excluding hydrogens is 406 g/mol. The largest absolute Gasteiger partial charge is 0.483 e. The predicted octanol–water partition coefficient (Wildman–Crippen LogP) is 4.08. The van der Waals surface area contributed by atoms with Crippen molar-refractivity contribution in [3.05, 3.63) is 70.5 Å². The van der Waals surface area contributed by atoms with Crippen LogP contribution in [0.1, 0.15) is 25.8 Å². The highest BCUT2D eigenvalue weighted by Crippen LogP contribution is 2.24. The fourth-order valence-corrected chi connectivity index (χ4v) is 3.56. The van der Waals surface area contributed by atoms with Gasteiger partial charge in [-0.2, -0.15) is 0 Å². The summed E-state index contributed by atoms with van der Waals surface area (Å²) in [6.45, 7) is 4.51. The van der Waals surface area contributed by atoms with Crippen LogP contribution in [0.2, 0.25) is 0 Å². The fourth-order valence-electron chi connectivity index (χ4n) is 2.75. The molecule has 0 aliphatic carbocycles. The molecule has 0 spiro atoms. The van der Waals surface area contributed by atoms with Crippen molar-refractivity contribution in [3.8, 4) is 5.75 Å². The molecule has 0 bridgehead atoms. The second kappa shape index (κ2) is 9.88. The molecule has 0 aliphatic heterocycles. The smallest absolute Gasteiger partial charge is 0.269 e. The van der Waals surface area contributed by atoms with Gasteiger partial charge in [-0.25, -0.2) is 0 Å². The number of non-ortho nitro benzene ring substituents is 1. The molecule has 0 radical (unpaired) electrons. The summed E-state index contributed by atoms with van der Waals surface area (Å²) < 4.78 is 7.84. The molecule has 1 atom stereocenters. The third-order valence-corrected chi connectivity index (χ3v) is 5.14. The van der Waals surface area contributed by atoms with Gasteiger partial charge in [-0.3, -0.25) is 14.9 Å². The van der Waals surface area contributed by atoms with Gasteiger partial charge in [0.1, 0.15) is 5.75 Å². The molecule has 1 amide bonds. The third kappa shape index (κ3) is 5.35. The number of benzene rings is 2. The van der Waals surface area contributed by atoms with Crippen LogP contribution in [0.25, 0.3) is 0 Å². The maximum Gasteiger partial charge on any atom is 0.269 e. The van der Waals surface area contributed by atoms with E-state index in [0.29, 0.717) is 23.2 Å². The van der Waals surface area contributed by atoms with Gasteiger partial charge in [0, 0.05) is 24.4 Å². The van der Waals surface area contributed by atoms with Gasteiger partial charge < -0.3 is 14.6 Å². The van der Waals surface area contributed by atoms with Gasteiger partial charge in [0.05, 0.1) is 10.7 Å². The number of hydrogen-bond acceptors (Lipinski definition) is 7. The Bertz CT molecular complexity index is 1010. The Hall–Kier alpha value is -3.40. The summed E-state index contributed by atoms with van der Waals surface area (Å²) in [5, 5.41) is 22.5. The molecule has 3 rings (SSSR count). The van der Waals surface area contributed by atoms with Crippen molar-refractivity contribution in [3.63, 3.8) is 0 Å². The summed E-state index contributed by atoms with van der Waals surface area (Å²) in [5.41, 5.74) is 0.464. The lowest BCUT2D eigenvalue weighted by Crippen LogP contribution is -2.15. The molecule has 30 heavy (non-hydrogen) atoms. The van der Waals surface area contributed by atoms with Gasteiger partial charge in [0.2, 0.25) is 5.91 Å². The first-order valence-electron chi connectivity index (χ1n) is 9.29. The van der Waals surface area contributed by atoms with Crippen molar-refractivity contribution in [2.75, 3.05) is 11.1 Å². The zero-order valence-corrected chi connectivity index (χ0v) is 17.3. The Morgan fingerprint density at radius 1 is 1.20 bits per heavy atom. The molecule has 3 aromatic rings. The number of carbonyl (C=O) groups excluding carboxylic acids is 1. The molecule has 1 N–H and O–H groups in total. The zero-order chi connectivity index (χ0) is 21.5. The summed E-state index contributed by atoms with van der Waals surface area (Å²) in [6.07, 6.45) is -0.303. The molecule has 0 saturated carbocycles. The number of ether oxygens (including phenoxy) is 1. The maximum absolute atomic E-state index is 12.2. The second-order valence-corrected chi connectivity index (χ2v) is 7.24. The van der Waals surface area contributed by atoms with Crippen LogP contribution in [-0.4, -0.2) is 31.3 Å². The standard InChI is InChI=1S/C20H21N5O4S/c1-3-24-19(14(2)29-17-7-5-4-6-8-17)22-23-20(24)30-13-18(26)21-15-9-11-16(12-10-15)25(27)28/h4-12,14H,3,13H2,1-2H3,(H,21,26)/t14-/m1/s1. The van der Waals surface area contributed by atoms with E-state index in [-0.39, 0.29) is 23.5 Å². The van der Waals surface area contributed by atoms with Crippen LogP contribution >= 0.6 is 11.8 Å². The number of anilines is 1. The molecule has 156 valence electrons. The highest BCUT2D eigenvalue weighted by molar-refractivity contribution is 7.99. The lowest BCUT2D eigenvalue weighted by molar-refractivity contribution is -0.384. The van der Waals surface area contributed by atoms with Crippen molar-refractivity contribution >= 4 is 29.0 Å². The molecule has 0 saturated heterocycles. The summed E-state index contributed by atoms with van der Waals surface area (Å²) >= 11 is 1.27. The molecule has 0 aliphatic rings. The van der Waals surface area contributed by atoms with Gasteiger partial charge in [-0.05, 0) is 38.1 Å². The lowest BCUT2D eigenvalue weighted by Gasteiger charge is -2.15. The van der Waals surface area contributed by atoms with E-state index in [1.807, 2.05) is 48.7 Å². The van der Waals surface area contributed by atoms with Gasteiger partial charge >= 0.3 is 0 Å². The van der Waals surface area contributed by atoms with Crippen LogP contribution in [-0.2, 0) is 11.3 Å². The minimum absolute atomic E-state index is 0.0298. The van der Waals surface area contributed by atoms with Crippen molar-refractivity contribution in [2.24, 2.45) is 0 Å². The number of nitrogens with zero attached hydrogens (tertiary/aromatic N) is 4. The Morgan fingerprint density at radius 2 is 1.90 bits per heavy atom. The maximum atomic E-state index is 12.2. The Kier molecular flexibility index (Phi) is 7.02. The van der Waals surface area contributed by atoms with Crippen LogP contribution < -0.4 is 10.1 Å². The minimum atomic E-state index is -0.487. The number of nitro groups is 1. The van der Waals surface area contributed by atoms with E-state index < -0.39 is 4.92 Å². The van der Waals surface area contributed by atoms with Crippen molar-refractivity contribution in [1.82, 2.24) is 14.8 Å². The first-order valence-corrected chi connectivity index (χ1v) is 10.3. The number of carbonyl (C=O) groups is 1. The SMILES string of the molecule is CCn1c(SCC(=O)Nc2ccc([N+](=O)[O-])cc2)nnc1[C@@H](C)Oc1ccccc1. The third-order valence-electron chi connectivity index (χ3n) is 4.18. The van der Waals surface area contributed by atoms with E-state index in [1.165, 1.54) is 36.0 Å². The van der Waals surface area contributed by atoms with E-state index in [9.17, 15) is 14.9 Å². The molecule has 0 unspecified atom stereocenters. The van der Waals surface area contributed by atoms with Crippen LogP contribution in [0, 0.1) is 10.1 Å². The number of thioether (sulfide) groups is 1. The van der Waals surface area contributed by atoms with E-state index in [4.69, 9.17) is 4.74 Å². The van der Waals surface area contributed by atoms with Gasteiger partial charge in [-0.15, -0.1) is 10.2 Å². The highest BCUT2D eigenvalue weighted by Gasteiger charge is 2.19. The second-order valence-electron chi connectivity index (χ2n) is 6.30. The summed E-state index contributed by atoms with van der Waals surface area (Å²) in [6, 6.07) is 15.2. The summed E-state index contributed by atoms with van der Waals surface area (Å²) in [7, 11) is 0. The number of para-hydroxylation sites is 1. The quantitative estimate of drug-likeness (QED) is 0.311. The number of nitrogens with one attached hydrogen (secondary N) is 1. The molecule has 0 fully saturated rings. The van der Waals surface area contributed by atoms with Crippen LogP contribution in [0.5, 0.6) is 5.75 Å². The van der Waals surface area contributed by atoms with Gasteiger partial charge in [0.25, 0.3) is 5.69 Å². The normalized spacial score (nSPS) is 11.7. The Balaban J connectivity index is 1.60. The number of aromatic nitrogens is 3. The molecule has 1 heterocycles. The Labute approximate surface area is 177 Å². The van der Waals surface area contributed by atoms with E-state index in [1.54, 1.807) is 0 Å². The zero-order valence-electron chi connectivity index (χ0n) is 16.5. The Morgan fingerprint density at radius 3 is 2.53 bits per heavy atom. The average Bonchev–Trinajstić information content (AvgIpc) is 3.16. The lowest BCUT2D eigenvalue weighted by atomic mass is 10.3. The highest BCUT2D eigenvalue weighted by atomic mass is 32.2. The molecule has 10 heteroatoms. The van der Waals surface area contributed by atoms with Crippen LogP contribution in [0.15, 0.2) is 59.8 Å². The molecule has 2 aromatic carbocycles. The van der Waals surface area contributed by atoms with Crippen LogP contribution in [0.4, 0.5) is 11.4 Å². The molecule has 9 nitrogen and oxygen atoms in total. The minimum Gasteiger partial charge on any atom is -0.483 e. The average molecular weight is 427 g/mol. The van der Waals surface area contributed by atoms with Gasteiger partial charge in [0.15, 0.2) is 17.1 Å². The first kappa shape index (κ1) is 21.3. The van der Waals surface area contributed by atoms with Crippen molar-refractivity contribution in [2.45, 2.75) is 31.7 Å². The number of rotatable bonds is 9. The predicted molar refractivity (Wildman–Crippen MR) is 114 cm³/mol. The topological polar surface area (TPSA) is 112 Å². The fraction of sp³-hybridized carbons (Fsp3) is 0.250. The van der Waals surface area contributed by atoms with E-state index in [0.717, 1.165) is 5.75 Å². The number of nitro benzene ring substituents is 1. The summed E-state index contributed by atoms with van der Waals surface area (Å²) in [4.78, 5) is 22.4. The summed E-state index contributed by atoms with van der Waals surface area (Å²) in [5.74, 6) is 1.31. The first-order chi connectivity index (χ1) is 14.5. The number of hydrogen-bond donors (Lipinski definition) is 1. The van der Waals surface area contributed by atoms with Crippen molar-refractivity contribution in [1.29, 1.82) is 0 Å². The van der Waals surface area contributed by atoms with E-state index >= 15 is 0 Å². The molecule has 1 aromatic heterocycles. The van der Waals surface area contributed by atoms with Crippen LogP contribution in [0.3, 0.4) is 0 Å².